The zero-order valence-electron chi connectivity index (χ0n) is 12.7. The first-order valence-electron chi connectivity index (χ1n) is 6.54. The van der Waals surface area contributed by atoms with Crippen LogP contribution in [-0.2, 0) is 11.8 Å². The molecule has 0 aliphatic rings. The maximum absolute atomic E-state index is 12.4. The molecule has 0 bridgehead atoms. The highest BCUT2D eigenvalue weighted by Gasteiger charge is 2.19. The fourth-order valence-corrected chi connectivity index (χ4v) is 2.43. The number of carbonyl (C=O) groups is 2. The minimum absolute atomic E-state index is 0.294. The van der Waals surface area contributed by atoms with E-state index in [-0.39, 0.29) is 5.91 Å². The first-order chi connectivity index (χ1) is 10.3. The van der Waals surface area contributed by atoms with E-state index in [4.69, 9.17) is 0 Å². The lowest BCUT2D eigenvalue weighted by Crippen LogP contribution is -2.15. The average molecular weight is 366 g/mol. The Hall–Kier alpha value is -2.15. The van der Waals surface area contributed by atoms with Crippen LogP contribution in [0, 0.1) is 13.8 Å². The second kappa shape index (κ2) is 6.31. The Morgan fingerprint density at radius 2 is 2.00 bits per heavy atom. The second-order valence-electron chi connectivity index (χ2n) is 4.85. The third-order valence-electron chi connectivity index (χ3n) is 3.38. The van der Waals surface area contributed by atoms with Gasteiger partial charge in [-0.15, -0.1) is 0 Å². The predicted molar refractivity (Wildman–Crippen MR) is 86.1 cm³/mol. The van der Waals surface area contributed by atoms with Crippen molar-refractivity contribution in [3.63, 3.8) is 0 Å². The van der Waals surface area contributed by atoms with Gasteiger partial charge >= 0.3 is 5.97 Å². The number of esters is 1. The molecule has 0 atom stereocenters. The van der Waals surface area contributed by atoms with Gasteiger partial charge in [-0.1, -0.05) is 6.07 Å². The molecule has 6 nitrogen and oxygen atoms in total. The van der Waals surface area contributed by atoms with Gasteiger partial charge in [0, 0.05) is 12.7 Å². The number of anilines is 1. The lowest BCUT2D eigenvalue weighted by Gasteiger charge is -2.09. The van der Waals surface area contributed by atoms with Gasteiger partial charge in [0.05, 0.1) is 22.8 Å². The summed E-state index contributed by atoms with van der Waals surface area (Å²) in [5, 5.41) is 6.95. The van der Waals surface area contributed by atoms with Crippen LogP contribution in [0.1, 0.15) is 32.1 Å². The fraction of sp³-hybridized carbons (Fsp3) is 0.267. The summed E-state index contributed by atoms with van der Waals surface area (Å²) in [4.78, 5) is 23.9. The molecule has 0 unspecified atom stereocenters. The first-order valence-corrected chi connectivity index (χ1v) is 7.34. The monoisotopic (exact) mass is 365 g/mol. The third kappa shape index (κ3) is 3.04. The van der Waals surface area contributed by atoms with Gasteiger partial charge in [0.2, 0.25) is 0 Å². The van der Waals surface area contributed by atoms with Crippen molar-refractivity contribution in [1.29, 1.82) is 0 Å². The molecule has 2 rings (SSSR count). The zero-order chi connectivity index (χ0) is 16.4. The number of hydrogen-bond donors (Lipinski definition) is 1. The van der Waals surface area contributed by atoms with Crippen LogP contribution >= 0.6 is 15.9 Å². The van der Waals surface area contributed by atoms with Gasteiger partial charge in [0.15, 0.2) is 5.69 Å². The highest BCUT2D eigenvalue weighted by atomic mass is 79.9. The van der Waals surface area contributed by atoms with E-state index in [9.17, 15) is 9.59 Å². The number of rotatable bonds is 3. The van der Waals surface area contributed by atoms with Crippen LogP contribution in [0.15, 0.2) is 22.7 Å². The maximum atomic E-state index is 12.4. The first kappa shape index (κ1) is 16.2. The Morgan fingerprint density at radius 1 is 1.32 bits per heavy atom. The summed E-state index contributed by atoms with van der Waals surface area (Å²) in [6.07, 6.45) is 0. The summed E-state index contributed by atoms with van der Waals surface area (Å²) < 4.78 is 6.95. The van der Waals surface area contributed by atoms with Gasteiger partial charge in [0.1, 0.15) is 0 Å². The molecule has 0 saturated heterocycles. The van der Waals surface area contributed by atoms with Crippen molar-refractivity contribution >= 4 is 33.5 Å². The molecule has 2 aromatic rings. The van der Waals surface area contributed by atoms with Crippen molar-refractivity contribution < 1.29 is 14.3 Å². The zero-order valence-corrected chi connectivity index (χ0v) is 14.3. The molecule has 0 aliphatic carbocycles. The lowest BCUT2D eigenvalue weighted by atomic mass is 10.1. The van der Waals surface area contributed by atoms with Gasteiger partial charge in [-0.2, -0.15) is 5.10 Å². The van der Waals surface area contributed by atoms with Crippen LogP contribution < -0.4 is 5.32 Å². The van der Waals surface area contributed by atoms with E-state index in [1.54, 1.807) is 29.9 Å². The number of halogens is 1. The van der Waals surface area contributed by atoms with Gasteiger partial charge in [-0.3, -0.25) is 9.48 Å². The quantitative estimate of drug-likeness (QED) is 0.848. The summed E-state index contributed by atoms with van der Waals surface area (Å²) in [5.74, 6) is -0.800. The summed E-state index contributed by atoms with van der Waals surface area (Å²) in [6.45, 7) is 3.70. The number of aromatic nitrogens is 2. The Bertz CT molecular complexity index is 753. The van der Waals surface area contributed by atoms with Crippen LogP contribution in [-0.4, -0.2) is 28.8 Å². The van der Waals surface area contributed by atoms with Crippen LogP contribution in [0.5, 0.6) is 0 Å². The van der Waals surface area contributed by atoms with Crippen molar-refractivity contribution in [3.05, 3.63) is 45.2 Å². The molecule has 0 radical (unpaired) electrons. The molecule has 1 aromatic carbocycles. The number of methoxy groups -OCH3 is 1. The number of hydrogen-bond acceptors (Lipinski definition) is 4. The molecular formula is C15H16BrN3O3. The fourth-order valence-electron chi connectivity index (χ4n) is 1.91. The largest absolute Gasteiger partial charge is 0.465 e. The number of carbonyl (C=O) groups excluding carboxylic acids is 2. The highest BCUT2D eigenvalue weighted by Crippen LogP contribution is 2.23. The number of ether oxygens (including phenoxy) is 1. The minimum atomic E-state index is -0.453. The number of aryl methyl sites for hydroxylation is 2. The van der Waals surface area contributed by atoms with E-state index in [0.29, 0.717) is 21.4 Å². The summed E-state index contributed by atoms with van der Waals surface area (Å²) >= 11 is 3.36. The van der Waals surface area contributed by atoms with Gasteiger partial charge < -0.3 is 10.1 Å². The van der Waals surface area contributed by atoms with Crippen molar-refractivity contribution in [2.45, 2.75) is 13.8 Å². The Balaban J connectivity index is 2.32. The molecule has 0 aliphatic heterocycles. The maximum Gasteiger partial charge on any atom is 0.337 e. The molecule has 1 N–H and O–H groups in total. The lowest BCUT2D eigenvalue weighted by molar-refractivity contribution is 0.0600. The molecule has 7 heteroatoms. The number of nitrogens with zero attached hydrogens (tertiary/aromatic N) is 2. The summed E-state index contributed by atoms with van der Waals surface area (Å²) in [6, 6.07) is 4.99. The molecule has 0 fully saturated rings. The van der Waals surface area contributed by atoms with Crippen molar-refractivity contribution in [1.82, 2.24) is 9.78 Å². The van der Waals surface area contributed by atoms with Crippen LogP contribution in [0.4, 0.5) is 5.69 Å². The summed E-state index contributed by atoms with van der Waals surface area (Å²) in [5.41, 5.74) is 2.90. The molecule has 116 valence electrons. The molecule has 0 saturated carbocycles. The number of nitrogens with one attached hydrogen (secondary N) is 1. The molecule has 1 amide bonds. The predicted octanol–water partition coefficient (Wildman–Crippen LogP) is 2.84. The smallest absolute Gasteiger partial charge is 0.337 e. The molecular weight excluding hydrogens is 350 g/mol. The SMILES string of the molecule is COC(=O)c1ccc(C)c(NC(=O)c2nn(C)c(C)c2Br)c1. The van der Waals surface area contributed by atoms with Gasteiger partial charge in [-0.25, -0.2) is 4.79 Å². The van der Waals surface area contributed by atoms with E-state index in [1.807, 2.05) is 13.8 Å². The van der Waals surface area contributed by atoms with Crippen molar-refractivity contribution in [2.75, 3.05) is 12.4 Å². The topological polar surface area (TPSA) is 73.2 Å². The van der Waals surface area contributed by atoms with Crippen molar-refractivity contribution in [2.24, 2.45) is 7.05 Å². The van der Waals surface area contributed by atoms with E-state index < -0.39 is 5.97 Å². The van der Waals surface area contributed by atoms with E-state index >= 15 is 0 Å². The highest BCUT2D eigenvalue weighted by molar-refractivity contribution is 9.10. The van der Waals surface area contributed by atoms with E-state index in [1.165, 1.54) is 7.11 Å². The average Bonchev–Trinajstić information content (AvgIpc) is 2.76. The molecule has 1 aromatic heterocycles. The molecule has 1 heterocycles. The van der Waals surface area contributed by atoms with Gasteiger partial charge in [0.25, 0.3) is 5.91 Å². The summed E-state index contributed by atoms with van der Waals surface area (Å²) in [7, 11) is 3.08. The normalized spacial score (nSPS) is 10.4. The van der Waals surface area contributed by atoms with Crippen LogP contribution in [0.3, 0.4) is 0 Å². The Kier molecular flexibility index (Phi) is 4.65. The van der Waals surface area contributed by atoms with Gasteiger partial charge in [-0.05, 0) is 47.5 Å². The second-order valence-corrected chi connectivity index (χ2v) is 5.64. The van der Waals surface area contributed by atoms with E-state index in [2.05, 4.69) is 31.1 Å². The standard InChI is InChI=1S/C15H16BrN3O3/c1-8-5-6-10(15(21)22-4)7-11(8)17-14(20)13-12(16)9(2)19(3)18-13/h5-7H,1-4H3,(H,17,20). The van der Waals surface area contributed by atoms with E-state index in [0.717, 1.165) is 11.3 Å². The number of benzene rings is 1. The molecule has 0 spiro atoms. The van der Waals surface area contributed by atoms with Crippen LogP contribution in [0.2, 0.25) is 0 Å². The van der Waals surface area contributed by atoms with Crippen LogP contribution in [0.25, 0.3) is 0 Å². The number of amides is 1. The Morgan fingerprint density at radius 3 is 2.55 bits per heavy atom. The molecule has 22 heavy (non-hydrogen) atoms. The Labute approximate surface area is 136 Å². The minimum Gasteiger partial charge on any atom is -0.465 e. The third-order valence-corrected chi connectivity index (χ3v) is 4.33. The van der Waals surface area contributed by atoms with Crippen molar-refractivity contribution in [3.8, 4) is 0 Å².